The van der Waals surface area contributed by atoms with Crippen LogP contribution in [-0.4, -0.2) is 13.1 Å². The molecule has 1 aromatic carbocycles. The number of para-hydroxylation sites is 2. The highest BCUT2D eigenvalue weighted by molar-refractivity contribution is 5.75. The highest BCUT2D eigenvalue weighted by atomic mass is 16.6. The highest BCUT2D eigenvalue weighted by Crippen LogP contribution is 2.25. The van der Waals surface area contributed by atoms with Gasteiger partial charge in [-0.25, -0.2) is 0 Å². The Kier molecular flexibility index (Phi) is 3.50. The van der Waals surface area contributed by atoms with E-state index in [1.54, 1.807) is 30.3 Å². The number of ether oxygens (including phenoxy) is 2. The van der Waals surface area contributed by atoms with E-state index in [9.17, 15) is 4.79 Å². The van der Waals surface area contributed by atoms with E-state index >= 15 is 0 Å². The molecule has 0 aliphatic rings. The summed E-state index contributed by atoms with van der Waals surface area (Å²) in [5.74, 6) is 0.214. The average Bonchev–Trinajstić information content (AvgIpc) is 2.19. The first kappa shape index (κ1) is 10.1. The Labute approximate surface area is 81.7 Å². The fourth-order valence-electron chi connectivity index (χ4n) is 0.926. The zero-order valence-corrected chi connectivity index (χ0v) is 7.69. The summed E-state index contributed by atoms with van der Waals surface area (Å²) in [4.78, 5) is 11.0. The van der Waals surface area contributed by atoms with Crippen molar-refractivity contribution in [3.63, 3.8) is 0 Å². The van der Waals surface area contributed by atoms with E-state index in [1.165, 1.54) is 7.11 Å². The summed E-state index contributed by atoms with van der Waals surface area (Å²) < 4.78 is 9.85. The third-order valence-electron chi connectivity index (χ3n) is 1.52. The van der Waals surface area contributed by atoms with Gasteiger partial charge in [-0.15, -0.1) is 0 Å². The van der Waals surface area contributed by atoms with E-state index in [0.29, 0.717) is 11.5 Å². The second-order valence-electron chi connectivity index (χ2n) is 2.46. The second kappa shape index (κ2) is 4.87. The first-order chi connectivity index (χ1) is 6.77. The topological polar surface area (TPSA) is 59.3 Å². The van der Waals surface area contributed by atoms with Crippen LogP contribution >= 0.6 is 0 Å². The zero-order valence-electron chi connectivity index (χ0n) is 7.69. The maximum absolute atomic E-state index is 11.0. The smallest absolute Gasteiger partial charge is 0.325 e. The number of nitriles is 1. The van der Waals surface area contributed by atoms with Crippen LogP contribution in [0, 0.1) is 11.3 Å². The van der Waals surface area contributed by atoms with Gasteiger partial charge in [0.1, 0.15) is 6.42 Å². The van der Waals surface area contributed by atoms with Gasteiger partial charge < -0.3 is 9.47 Å². The number of carbonyl (C=O) groups is 1. The molecular formula is C10H9NO3. The van der Waals surface area contributed by atoms with Crippen LogP contribution in [0.2, 0.25) is 0 Å². The van der Waals surface area contributed by atoms with Crippen LogP contribution < -0.4 is 9.47 Å². The molecule has 14 heavy (non-hydrogen) atoms. The number of hydrogen-bond acceptors (Lipinski definition) is 4. The minimum atomic E-state index is -0.586. The molecule has 0 unspecified atom stereocenters. The van der Waals surface area contributed by atoms with Gasteiger partial charge in [-0.3, -0.25) is 4.79 Å². The van der Waals surface area contributed by atoms with Gasteiger partial charge in [-0.2, -0.15) is 5.26 Å². The Bertz CT molecular complexity index is 368. The molecule has 0 N–H and O–H groups in total. The number of esters is 1. The second-order valence-corrected chi connectivity index (χ2v) is 2.46. The molecule has 1 aromatic rings. The maximum Gasteiger partial charge on any atom is 0.325 e. The lowest BCUT2D eigenvalue weighted by atomic mass is 10.3. The Morgan fingerprint density at radius 1 is 1.43 bits per heavy atom. The zero-order chi connectivity index (χ0) is 10.4. The van der Waals surface area contributed by atoms with Crippen molar-refractivity contribution in [3.05, 3.63) is 24.3 Å². The van der Waals surface area contributed by atoms with Crippen LogP contribution in [0.3, 0.4) is 0 Å². The van der Waals surface area contributed by atoms with E-state index in [2.05, 4.69) is 0 Å². The van der Waals surface area contributed by atoms with Gasteiger partial charge >= 0.3 is 5.97 Å². The summed E-state index contributed by atoms with van der Waals surface area (Å²) in [6, 6.07) is 8.47. The highest BCUT2D eigenvalue weighted by Gasteiger charge is 2.07. The van der Waals surface area contributed by atoms with Crippen LogP contribution in [0.25, 0.3) is 0 Å². The van der Waals surface area contributed by atoms with E-state index in [0.717, 1.165) is 0 Å². The monoisotopic (exact) mass is 191 g/mol. The van der Waals surface area contributed by atoms with Crippen molar-refractivity contribution in [2.45, 2.75) is 6.42 Å². The molecule has 1 rings (SSSR count). The lowest BCUT2D eigenvalue weighted by Crippen LogP contribution is -2.07. The van der Waals surface area contributed by atoms with Crippen LogP contribution in [0.4, 0.5) is 0 Å². The molecule has 4 heteroatoms. The lowest BCUT2D eigenvalue weighted by Gasteiger charge is -2.06. The molecular weight excluding hydrogens is 182 g/mol. The van der Waals surface area contributed by atoms with Crippen LogP contribution in [0.15, 0.2) is 24.3 Å². The van der Waals surface area contributed by atoms with Crippen LogP contribution in [0.5, 0.6) is 11.5 Å². The molecule has 0 spiro atoms. The van der Waals surface area contributed by atoms with E-state index < -0.39 is 5.97 Å². The first-order valence-corrected chi connectivity index (χ1v) is 3.98. The van der Waals surface area contributed by atoms with Gasteiger partial charge in [-0.05, 0) is 12.1 Å². The fraction of sp³-hybridized carbons (Fsp3) is 0.200. The Balaban J connectivity index is 2.76. The van der Waals surface area contributed by atoms with E-state index in [-0.39, 0.29) is 6.42 Å². The van der Waals surface area contributed by atoms with Gasteiger partial charge in [0.15, 0.2) is 11.5 Å². The summed E-state index contributed by atoms with van der Waals surface area (Å²) >= 11 is 0. The van der Waals surface area contributed by atoms with Gasteiger partial charge in [-0.1, -0.05) is 12.1 Å². The molecule has 0 aliphatic heterocycles. The molecule has 0 amide bonds. The summed E-state index contributed by atoms with van der Waals surface area (Å²) in [6.45, 7) is 0. The Hall–Kier alpha value is -2.02. The predicted octanol–water partition coefficient (Wildman–Crippen LogP) is 1.51. The number of carbonyl (C=O) groups excluding carboxylic acids is 1. The third kappa shape index (κ3) is 2.49. The minimum Gasteiger partial charge on any atom is -0.493 e. The molecule has 0 aliphatic carbocycles. The molecule has 4 nitrogen and oxygen atoms in total. The molecule has 0 fully saturated rings. The van der Waals surface area contributed by atoms with Crippen molar-refractivity contribution in [1.82, 2.24) is 0 Å². The molecule has 0 heterocycles. The normalized spacial score (nSPS) is 8.86. The molecule has 0 saturated carbocycles. The van der Waals surface area contributed by atoms with E-state index in [4.69, 9.17) is 14.7 Å². The number of nitrogens with zero attached hydrogens (tertiary/aromatic N) is 1. The van der Waals surface area contributed by atoms with Crippen molar-refractivity contribution < 1.29 is 14.3 Å². The van der Waals surface area contributed by atoms with Crippen molar-refractivity contribution in [2.24, 2.45) is 0 Å². The molecule has 72 valence electrons. The van der Waals surface area contributed by atoms with Gasteiger partial charge in [0, 0.05) is 0 Å². The summed E-state index contributed by atoms with van der Waals surface area (Å²) in [5.41, 5.74) is 0. The summed E-state index contributed by atoms with van der Waals surface area (Å²) in [7, 11) is 1.48. The Morgan fingerprint density at radius 3 is 2.64 bits per heavy atom. The average molecular weight is 191 g/mol. The minimum absolute atomic E-state index is 0.266. The summed E-state index contributed by atoms with van der Waals surface area (Å²) in [6.07, 6.45) is -0.266. The van der Waals surface area contributed by atoms with Crippen molar-refractivity contribution in [1.29, 1.82) is 5.26 Å². The van der Waals surface area contributed by atoms with Gasteiger partial charge in [0.2, 0.25) is 0 Å². The third-order valence-corrected chi connectivity index (χ3v) is 1.52. The maximum atomic E-state index is 11.0. The quantitative estimate of drug-likeness (QED) is 0.536. The predicted molar refractivity (Wildman–Crippen MR) is 48.9 cm³/mol. The van der Waals surface area contributed by atoms with E-state index in [1.807, 2.05) is 0 Å². The molecule has 0 atom stereocenters. The Morgan fingerprint density at radius 2 is 2.07 bits per heavy atom. The standard InChI is InChI=1S/C10H9NO3/c1-13-8-4-2-3-5-9(8)14-10(12)6-7-11/h2-5H,6H2,1H3. The number of benzene rings is 1. The molecule has 0 radical (unpaired) electrons. The molecule has 0 bridgehead atoms. The van der Waals surface area contributed by atoms with Gasteiger partial charge in [0.05, 0.1) is 13.2 Å². The fourth-order valence-corrected chi connectivity index (χ4v) is 0.926. The van der Waals surface area contributed by atoms with Crippen molar-refractivity contribution in [2.75, 3.05) is 7.11 Å². The number of rotatable bonds is 3. The first-order valence-electron chi connectivity index (χ1n) is 3.98. The van der Waals surface area contributed by atoms with Gasteiger partial charge in [0.25, 0.3) is 0 Å². The molecule has 0 saturated heterocycles. The molecule has 0 aromatic heterocycles. The number of methoxy groups -OCH3 is 1. The SMILES string of the molecule is COc1ccccc1OC(=O)CC#N. The summed E-state index contributed by atoms with van der Waals surface area (Å²) in [5, 5.41) is 8.26. The van der Waals surface area contributed by atoms with Crippen LogP contribution in [0.1, 0.15) is 6.42 Å². The lowest BCUT2D eigenvalue weighted by molar-refractivity contribution is -0.133. The largest absolute Gasteiger partial charge is 0.493 e. The van der Waals surface area contributed by atoms with Crippen LogP contribution in [-0.2, 0) is 4.79 Å². The van der Waals surface area contributed by atoms with Crippen molar-refractivity contribution in [3.8, 4) is 17.6 Å². The number of hydrogen-bond donors (Lipinski definition) is 0. The van der Waals surface area contributed by atoms with Crippen molar-refractivity contribution >= 4 is 5.97 Å².